The number of carbonyl (C=O) groups excluding carboxylic acids is 2. The van der Waals surface area contributed by atoms with Gasteiger partial charge in [-0.25, -0.2) is 4.79 Å². The van der Waals surface area contributed by atoms with E-state index in [-0.39, 0.29) is 12.8 Å². The molecule has 0 heterocycles. The molecule has 0 spiro atoms. The van der Waals surface area contributed by atoms with E-state index < -0.39 is 23.9 Å². The van der Waals surface area contributed by atoms with Crippen molar-refractivity contribution >= 4 is 29.4 Å². The van der Waals surface area contributed by atoms with E-state index in [2.05, 4.69) is 10.1 Å². The Morgan fingerprint density at radius 1 is 1.38 bits per heavy atom. The van der Waals surface area contributed by atoms with Gasteiger partial charge in [0.15, 0.2) is 0 Å². The van der Waals surface area contributed by atoms with Crippen LogP contribution in [0.25, 0.3) is 0 Å². The summed E-state index contributed by atoms with van der Waals surface area (Å²) in [5.74, 6) is -2.30. The van der Waals surface area contributed by atoms with Crippen molar-refractivity contribution in [1.82, 2.24) is 5.32 Å². The lowest BCUT2D eigenvalue weighted by Crippen LogP contribution is -2.41. The summed E-state index contributed by atoms with van der Waals surface area (Å²) in [6.07, 6.45) is -0.143. The van der Waals surface area contributed by atoms with Gasteiger partial charge >= 0.3 is 11.9 Å². The largest absolute Gasteiger partial charge is 0.480 e. The van der Waals surface area contributed by atoms with Crippen LogP contribution in [-0.2, 0) is 14.3 Å². The molecule has 1 aromatic rings. The van der Waals surface area contributed by atoms with Gasteiger partial charge < -0.3 is 15.2 Å². The molecule has 1 amide bonds. The first-order valence-corrected chi connectivity index (χ1v) is 6.59. The highest BCUT2D eigenvalue weighted by atomic mass is 35.5. The van der Waals surface area contributed by atoms with Crippen molar-refractivity contribution in [2.24, 2.45) is 0 Å². The van der Waals surface area contributed by atoms with Gasteiger partial charge in [-0.05, 0) is 31.0 Å². The number of hydrogen-bond acceptors (Lipinski definition) is 4. The predicted octanol–water partition coefficient (Wildman–Crippen LogP) is 1.78. The minimum absolute atomic E-state index is 0.0483. The van der Waals surface area contributed by atoms with E-state index in [1.54, 1.807) is 19.1 Å². The highest BCUT2D eigenvalue weighted by molar-refractivity contribution is 6.31. The van der Waals surface area contributed by atoms with Crippen molar-refractivity contribution in [3.05, 3.63) is 34.3 Å². The standard InChI is InChI=1S/C14H16ClNO5/c1-8-3-4-9(15)7-10(8)13(18)16-11(14(19)20)5-6-12(17)21-2/h3-4,7,11H,5-6H2,1-2H3,(H,16,18)(H,19,20). The van der Waals surface area contributed by atoms with Crippen molar-refractivity contribution in [3.8, 4) is 0 Å². The number of rotatable bonds is 6. The molecule has 7 heteroatoms. The van der Waals surface area contributed by atoms with E-state index in [9.17, 15) is 14.4 Å². The molecule has 114 valence electrons. The molecule has 0 aliphatic rings. The normalized spacial score (nSPS) is 11.6. The topological polar surface area (TPSA) is 92.7 Å². The summed E-state index contributed by atoms with van der Waals surface area (Å²) in [5, 5.41) is 11.8. The van der Waals surface area contributed by atoms with Crippen LogP contribution in [0, 0.1) is 6.92 Å². The Kier molecular flexibility index (Phi) is 6.17. The van der Waals surface area contributed by atoms with Crippen molar-refractivity contribution in [2.75, 3.05) is 7.11 Å². The molecule has 0 aliphatic heterocycles. The summed E-state index contributed by atoms with van der Waals surface area (Å²) in [5.41, 5.74) is 0.973. The van der Waals surface area contributed by atoms with Gasteiger partial charge in [-0.2, -0.15) is 0 Å². The number of hydrogen-bond donors (Lipinski definition) is 2. The Labute approximate surface area is 127 Å². The van der Waals surface area contributed by atoms with Gasteiger partial charge in [0.05, 0.1) is 7.11 Å². The number of carboxylic acid groups (broad SMARTS) is 1. The number of esters is 1. The van der Waals surface area contributed by atoms with E-state index in [1.165, 1.54) is 13.2 Å². The number of methoxy groups -OCH3 is 1. The van der Waals surface area contributed by atoms with Crippen molar-refractivity contribution < 1.29 is 24.2 Å². The molecule has 21 heavy (non-hydrogen) atoms. The molecule has 0 aliphatic carbocycles. The minimum Gasteiger partial charge on any atom is -0.480 e. The molecule has 0 aromatic heterocycles. The Morgan fingerprint density at radius 2 is 2.05 bits per heavy atom. The monoisotopic (exact) mass is 313 g/mol. The number of carboxylic acids is 1. The van der Waals surface area contributed by atoms with Gasteiger partial charge in [0, 0.05) is 17.0 Å². The quantitative estimate of drug-likeness (QED) is 0.781. The van der Waals surface area contributed by atoms with Crippen LogP contribution in [0.1, 0.15) is 28.8 Å². The Balaban J connectivity index is 2.79. The molecular formula is C14H16ClNO5. The number of aliphatic carboxylic acids is 1. The average molecular weight is 314 g/mol. The molecule has 1 rings (SSSR count). The number of aryl methyl sites for hydroxylation is 1. The van der Waals surface area contributed by atoms with Crippen LogP contribution < -0.4 is 5.32 Å². The fourth-order valence-corrected chi connectivity index (χ4v) is 1.87. The number of amides is 1. The summed E-state index contributed by atoms with van der Waals surface area (Å²) in [4.78, 5) is 34.3. The number of halogens is 1. The van der Waals surface area contributed by atoms with E-state index in [4.69, 9.17) is 16.7 Å². The molecule has 0 fully saturated rings. The van der Waals surface area contributed by atoms with Crippen LogP contribution in [0.5, 0.6) is 0 Å². The van der Waals surface area contributed by atoms with Crippen molar-refractivity contribution in [2.45, 2.75) is 25.8 Å². The predicted molar refractivity (Wildman–Crippen MR) is 76.3 cm³/mol. The third kappa shape index (κ3) is 5.07. The fourth-order valence-electron chi connectivity index (χ4n) is 1.70. The van der Waals surface area contributed by atoms with Crippen LogP contribution >= 0.6 is 11.6 Å². The molecule has 2 N–H and O–H groups in total. The van der Waals surface area contributed by atoms with Gasteiger partial charge in [0.1, 0.15) is 6.04 Å². The Bertz CT molecular complexity index is 558. The summed E-state index contributed by atoms with van der Waals surface area (Å²) in [7, 11) is 1.21. The molecule has 0 saturated heterocycles. The van der Waals surface area contributed by atoms with Crippen LogP contribution in [0.2, 0.25) is 5.02 Å². The lowest BCUT2D eigenvalue weighted by atomic mass is 10.1. The molecule has 6 nitrogen and oxygen atoms in total. The SMILES string of the molecule is COC(=O)CCC(NC(=O)c1cc(Cl)ccc1C)C(=O)O. The second-order valence-corrected chi connectivity index (χ2v) is 4.87. The van der Waals surface area contributed by atoms with Gasteiger partial charge in [-0.15, -0.1) is 0 Å². The zero-order valence-corrected chi connectivity index (χ0v) is 12.4. The molecular weight excluding hydrogens is 298 g/mol. The molecule has 1 aromatic carbocycles. The summed E-state index contributed by atoms with van der Waals surface area (Å²) in [6.45, 7) is 1.72. The zero-order valence-electron chi connectivity index (χ0n) is 11.7. The highest BCUT2D eigenvalue weighted by Crippen LogP contribution is 2.15. The van der Waals surface area contributed by atoms with E-state index >= 15 is 0 Å². The van der Waals surface area contributed by atoms with E-state index in [1.807, 2.05) is 0 Å². The first-order chi connectivity index (χ1) is 9.85. The third-order valence-electron chi connectivity index (χ3n) is 2.91. The minimum atomic E-state index is -1.22. The first-order valence-electron chi connectivity index (χ1n) is 6.21. The fraction of sp³-hybridized carbons (Fsp3) is 0.357. The molecule has 0 radical (unpaired) electrons. The van der Waals surface area contributed by atoms with Gasteiger partial charge in [-0.1, -0.05) is 17.7 Å². The maximum absolute atomic E-state index is 12.1. The maximum atomic E-state index is 12.1. The van der Waals surface area contributed by atoms with Crippen LogP contribution in [0.15, 0.2) is 18.2 Å². The molecule has 1 unspecified atom stereocenters. The Hall–Kier alpha value is -2.08. The highest BCUT2D eigenvalue weighted by Gasteiger charge is 2.22. The second kappa shape index (κ2) is 7.64. The van der Waals surface area contributed by atoms with E-state index in [0.29, 0.717) is 16.1 Å². The lowest BCUT2D eigenvalue weighted by molar-refractivity contribution is -0.142. The summed E-state index contributed by atoms with van der Waals surface area (Å²) >= 11 is 5.82. The summed E-state index contributed by atoms with van der Waals surface area (Å²) in [6, 6.07) is 3.60. The van der Waals surface area contributed by atoms with Crippen LogP contribution in [-0.4, -0.2) is 36.1 Å². The zero-order chi connectivity index (χ0) is 16.0. The van der Waals surface area contributed by atoms with Crippen molar-refractivity contribution in [1.29, 1.82) is 0 Å². The third-order valence-corrected chi connectivity index (χ3v) is 3.15. The molecule has 0 saturated carbocycles. The summed E-state index contributed by atoms with van der Waals surface area (Å²) < 4.78 is 4.44. The molecule has 0 bridgehead atoms. The van der Waals surface area contributed by atoms with Crippen LogP contribution in [0.4, 0.5) is 0 Å². The maximum Gasteiger partial charge on any atom is 0.326 e. The van der Waals surface area contributed by atoms with E-state index in [0.717, 1.165) is 0 Å². The van der Waals surface area contributed by atoms with Crippen molar-refractivity contribution in [3.63, 3.8) is 0 Å². The lowest BCUT2D eigenvalue weighted by Gasteiger charge is -2.15. The van der Waals surface area contributed by atoms with Gasteiger partial charge in [0.2, 0.25) is 0 Å². The van der Waals surface area contributed by atoms with Crippen LogP contribution in [0.3, 0.4) is 0 Å². The number of benzene rings is 1. The average Bonchev–Trinajstić information content (AvgIpc) is 2.44. The number of ether oxygens (including phenoxy) is 1. The Morgan fingerprint density at radius 3 is 2.62 bits per heavy atom. The molecule has 1 atom stereocenters. The van der Waals surface area contributed by atoms with Gasteiger partial charge in [-0.3, -0.25) is 9.59 Å². The number of carbonyl (C=O) groups is 3. The second-order valence-electron chi connectivity index (χ2n) is 4.44. The number of nitrogens with one attached hydrogen (secondary N) is 1. The first kappa shape index (κ1) is 17.0. The van der Waals surface area contributed by atoms with Gasteiger partial charge in [0.25, 0.3) is 5.91 Å². The smallest absolute Gasteiger partial charge is 0.326 e.